The monoisotopic (exact) mass is 422 g/mol. The molecule has 1 saturated carbocycles. The van der Waals surface area contributed by atoms with E-state index < -0.39 is 6.04 Å². The quantitative estimate of drug-likeness (QED) is 0.702. The van der Waals surface area contributed by atoms with Crippen molar-refractivity contribution in [3.05, 3.63) is 59.7 Å². The topological polar surface area (TPSA) is 67.9 Å². The van der Waals surface area contributed by atoms with Gasteiger partial charge in [-0.2, -0.15) is 0 Å². The maximum absolute atomic E-state index is 13.2. The summed E-state index contributed by atoms with van der Waals surface area (Å²) in [7, 11) is 0. The van der Waals surface area contributed by atoms with Gasteiger partial charge in [0.25, 0.3) is 0 Å². The molecule has 1 N–H and O–H groups in total. The minimum absolute atomic E-state index is 0.0319. The molecular formula is C25H30N2O4. The first-order valence-corrected chi connectivity index (χ1v) is 11.1. The molecule has 164 valence electrons. The van der Waals surface area contributed by atoms with E-state index in [0.29, 0.717) is 19.4 Å². The molecule has 1 fully saturated rings. The van der Waals surface area contributed by atoms with Crippen molar-refractivity contribution in [1.82, 2.24) is 10.2 Å². The SMILES string of the molecule is CC(C(=O)NC1CCCC1)N(Cc1ccccc1)C(=O)CCc1ccc2c(c1)OCO2. The molecule has 4 rings (SSSR count). The summed E-state index contributed by atoms with van der Waals surface area (Å²) in [6.07, 6.45) is 5.26. The average molecular weight is 423 g/mol. The molecule has 1 aliphatic carbocycles. The molecule has 1 unspecified atom stereocenters. The lowest BCUT2D eigenvalue weighted by molar-refractivity contribution is -0.140. The van der Waals surface area contributed by atoms with Crippen molar-refractivity contribution < 1.29 is 19.1 Å². The molecular weight excluding hydrogens is 392 g/mol. The minimum Gasteiger partial charge on any atom is -0.454 e. The van der Waals surface area contributed by atoms with Crippen molar-refractivity contribution in [3.8, 4) is 11.5 Å². The normalized spacial score (nSPS) is 16.2. The number of carbonyl (C=O) groups is 2. The fourth-order valence-electron chi connectivity index (χ4n) is 4.25. The first kappa shape index (κ1) is 21.2. The van der Waals surface area contributed by atoms with Gasteiger partial charge >= 0.3 is 0 Å². The van der Waals surface area contributed by atoms with Crippen molar-refractivity contribution in [3.63, 3.8) is 0 Å². The fraction of sp³-hybridized carbons (Fsp3) is 0.440. The molecule has 2 aromatic carbocycles. The fourth-order valence-corrected chi connectivity index (χ4v) is 4.25. The minimum atomic E-state index is -0.523. The Labute approximate surface area is 183 Å². The smallest absolute Gasteiger partial charge is 0.242 e. The number of aryl methyl sites for hydroxylation is 1. The Morgan fingerprint density at radius 2 is 1.77 bits per heavy atom. The van der Waals surface area contributed by atoms with Gasteiger partial charge in [0, 0.05) is 19.0 Å². The summed E-state index contributed by atoms with van der Waals surface area (Å²) in [5, 5.41) is 3.14. The highest BCUT2D eigenvalue weighted by Gasteiger charge is 2.28. The summed E-state index contributed by atoms with van der Waals surface area (Å²) in [6.45, 7) is 2.47. The molecule has 2 aliphatic rings. The van der Waals surface area contributed by atoms with Crippen molar-refractivity contribution in [1.29, 1.82) is 0 Å². The van der Waals surface area contributed by atoms with Gasteiger partial charge in [-0.25, -0.2) is 0 Å². The molecule has 0 spiro atoms. The second-order valence-electron chi connectivity index (χ2n) is 8.36. The predicted molar refractivity (Wildman–Crippen MR) is 118 cm³/mol. The van der Waals surface area contributed by atoms with Crippen molar-refractivity contribution in [2.75, 3.05) is 6.79 Å². The third-order valence-electron chi connectivity index (χ3n) is 6.13. The van der Waals surface area contributed by atoms with Gasteiger partial charge in [-0.3, -0.25) is 9.59 Å². The van der Waals surface area contributed by atoms with E-state index >= 15 is 0 Å². The first-order valence-electron chi connectivity index (χ1n) is 11.1. The Balaban J connectivity index is 1.43. The van der Waals surface area contributed by atoms with Crippen LogP contribution in [0.2, 0.25) is 0 Å². The highest BCUT2D eigenvalue weighted by atomic mass is 16.7. The van der Waals surface area contributed by atoms with Crippen molar-refractivity contribution in [2.45, 2.75) is 64.1 Å². The first-order chi connectivity index (χ1) is 15.1. The molecule has 2 aromatic rings. The van der Waals surface area contributed by atoms with Crippen LogP contribution in [-0.4, -0.2) is 35.6 Å². The number of hydrogen-bond donors (Lipinski definition) is 1. The number of nitrogens with zero attached hydrogens (tertiary/aromatic N) is 1. The van der Waals surface area contributed by atoms with Gasteiger partial charge in [0.15, 0.2) is 11.5 Å². The summed E-state index contributed by atoms with van der Waals surface area (Å²) in [4.78, 5) is 27.8. The van der Waals surface area contributed by atoms with E-state index in [1.54, 1.807) is 4.90 Å². The lowest BCUT2D eigenvalue weighted by Crippen LogP contribution is -2.49. The molecule has 2 amide bonds. The second kappa shape index (κ2) is 9.86. The van der Waals surface area contributed by atoms with Gasteiger partial charge < -0.3 is 19.7 Å². The van der Waals surface area contributed by atoms with E-state index in [1.165, 1.54) is 0 Å². The molecule has 0 radical (unpaired) electrons. The van der Waals surface area contributed by atoms with E-state index in [-0.39, 0.29) is 24.6 Å². The third-order valence-corrected chi connectivity index (χ3v) is 6.13. The number of amides is 2. The Morgan fingerprint density at radius 3 is 2.55 bits per heavy atom. The molecule has 1 aliphatic heterocycles. The van der Waals surface area contributed by atoms with E-state index in [4.69, 9.17) is 9.47 Å². The van der Waals surface area contributed by atoms with Gasteiger partial charge in [0.05, 0.1) is 0 Å². The van der Waals surface area contributed by atoms with Crippen LogP contribution in [-0.2, 0) is 22.6 Å². The van der Waals surface area contributed by atoms with E-state index in [0.717, 1.165) is 48.3 Å². The van der Waals surface area contributed by atoms with Crippen LogP contribution in [0.5, 0.6) is 11.5 Å². The highest BCUT2D eigenvalue weighted by molar-refractivity contribution is 5.87. The number of fused-ring (bicyclic) bond motifs is 1. The van der Waals surface area contributed by atoms with Crippen LogP contribution in [0.4, 0.5) is 0 Å². The molecule has 6 heteroatoms. The van der Waals surface area contributed by atoms with Gasteiger partial charge in [-0.15, -0.1) is 0 Å². The van der Waals surface area contributed by atoms with Crippen molar-refractivity contribution in [2.24, 2.45) is 0 Å². The van der Waals surface area contributed by atoms with Gasteiger partial charge in [-0.05, 0) is 49.4 Å². The number of ether oxygens (including phenoxy) is 2. The van der Waals surface area contributed by atoms with Crippen LogP contribution in [0.3, 0.4) is 0 Å². The molecule has 1 heterocycles. The Hall–Kier alpha value is -3.02. The van der Waals surface area contributed by atoms with E-state index in [1.807, 2.05) is 55.5 Å². The van der Waals surface area contributed by atoms with Crippen LogP contribution < -0.4 is 14.8 Å². The van der Waals surface area contributed by atoms with Gasteiger partial charge in [0.1, 0.15) is 6.04 Å². The summed E-state index contributed by atoms with van der Waals surface area (Å²) < 4.78 is 10.8. The molecule has 0 aromatic heterocycles. The maximum atomic E-state index is 13.2. The largest absolute Gasteiger partial charge is 0.454 e. The number of benzene rings is 2. The number of nitrogens with one attached hydrogen (secondary N) is 1. The van der Waals surface area contributed by atoms with E-state index in [2.05, 4.69) is 5.32 Å². The zero-order chi connectivity index (χ0) is 21.6. The molecule has 0 bridgehead atoms. The van der Waals surface area contributed by atoms with Crippen LogP contribution >= 0.6 is 0 Å². The summed E-state index contributed by atoms with van der Waals surface area (Å²) >= 11 is 0. The van der Waals surface area contributed by atoms with Crippen molar-refractivity contribution >= 4 is 11.8 Å². The average Bonchev–Trinajstić information content (AvgIpc) is 3.47. The number of carbonyl (C=O) groups excluding carboxylic acids is 2. The Morgan fingerprint density at radius 1 is 1.03 bits per heavy atom. The molecule has 0 saturated heterocycles. The van der Waals surface area contributed by atoms with Gasteiger partial charge in [0.2, 0.25) is 18.6 Å². The predicted octanol–water partition coefficient (Wildman–Crippen LogP) is 3.82. The Bertz CT molecular complexity index is 909. The third kappa shape index (κ3) is 5.37. The zero-order valence-electron chi connectivity index (χ0n) is 18.0. The lowest BCUT2D eigenvalue weighted by atomic mass is 10.1. The van der Waals surface area contributed by atoms with Gasteiger partial charge in [-0.1, -0.05) is 49.2 Å². The molecule has 1 atom stereocenters. The maximum Gasteiger partial charge on any atom is 0.242 e. The molecule has 31 heavy (non-hydrogen) atoms. The summed E-state index contributed by atoms with van der Waals surface area (Å²) in [5.74, 6) is 1.35. The zero-order valence-corrected chi connectivity index (χ0v) is 18.0. The molecule has 6 nitrogen and oxygen atoms in total. The van der Waals surface area contributed by atoms with Crippen LogP contribution in [0.25, 0.3) is 0 Å². The van der Waals surface area contributed by atoms with Crippen LogP contribution in [0.15, 0.2) is 48.5 Å². The Kier molecular flexibility index (Phi) is 6.75. The highest BCUT2D eigenvalue weighted by Crippen LogP contribution is 2.32. The summed E-state index contributed by atoms with van der Waals surface area (Å²) in [5.41, 5.74) is 2.03. The number of rotatable bonds is 8. The standard InChI is InChI=1S/C25H30N2O4/c1-18(25(29)26-21-9-5-6-10-21)27(16-20-7-3-2-4-8-20)24(28)14-12-19-11-13-22-23(15-19)31-17-30-22/h2-4,7-8,11,13,15,18,21H,5-6,9-10,12,14,16-17H2,1H3,(H,26,29). The second-order valence-corrected chi connectivity index (χ2v) is 8.36. The van der Waals surface area contributed by atoms with Crippen LogP contribution in [0, 0.1) is 0 Å². The van der Waals surface area contributed by atoms with Crippen LogP contribution in [0.1, 0.15) is 50.2 Å². The number of hydrogen-bond acceptors (Lipinski definition) is 4. The van der Waals surface area contributed by atoms with E-state index in [9.17, 15) is 9.59 Å². The lowest BCUT2D eigenvalue weighted by Gasteiger charge is -2.30. The summed E-state index contributed by atoms with van der Waals surface area (Å²) in [6, 6.07) is 15.3.